The van der Waals surface area contributed by atoms with Crippen molar-refractivity contribution in [3.05, 3.63) is 65.5 Å². The number of hydrogen-bond acceptors (Lipinski definition) is 3. The van der Waals surface area contributed by atoms with E-state index in [-0.39, 0.29) is 17.2 Å². The third kappa shape index (κ3) is 4.25. The Kier molecular flexibility index (Phi) is 5.09. The Morgan fingerprint density at radius 1 is 1.18 bits per heavy atom. The molecule has 0 radical (unpaired) electrons. The van der Waals surface area contributed by atoms with Crippen molar-refractivity contribution in [3.8, 4) is 0 Å². The molecule has 0 aliphatic heterocycles. The summed E-state index contributed by atoms with van der Waals surface area (Å²) in [4.78, 5) is 16.5. The van der Waals surface area contributed by atoms with E-state index in [1.807, 2.05) is 49.5 Å². The topological polar surface area (TPSA) is 42.0 Å². The number of ketones is 1. The Labute approximate surface area is 132 Å². The molecule has 0 fully saturated rings. The van der Waals surface area contributed by atoms with Crippen LogP contribution in [0.2, 0.25) is 0 Å². The van der Waals surface area contributed by atoms with Gasteiger partial charge in [-0.05, 0) is 29.5 Å². The van der Waals surface area contributed by atoms with Crippen molar-refractivity contribution in [2.45, 2.75) is 45.7 Å². The predicted octanol–water partition coefficient (Wildman–Crippen LogP) is 3.74. The molecule has 2 rings (SSSR count). The SMILES string of the molecule is CC(NCc1cccnc1)C(=O)c1ccc(C(C)(C)C)cc1. The Bertz CT molecular complexity index is 612. The second-order valence-electron chi connectivity index (χ2n) is 6.66. The number of carbonyl (C=O) groups is 1. The lowest BCUT2D eigenvalue weighted by molar-refractivity contribution is 0.0950. The minimum Gasteiger partial charge on any atom is -0.303 e. The molecule has 3 nitrogen and oxygen atoms in total. The van der Waals surface area contributed by atoms with Crippen molar-refractivity contribution in [3.63, 3.8) is 0 Å². The first-order valence-corrected chi connectivity index (χ1v) is 7.65. The van der Waals surface area contributed by atoms with Crippen molar-refractivity contribution in [2.24, 2.45) is 0 Å². The first-order chi connectivity index (χ1) is 10.4. The van der Waals surface area contributed by atoms with Crippen LogP contribution in [-0.2, 0) is 12.0 Å². The maximum Gasteiger partial charge on any atom is 0.179 e. The average molecular weight is 296 g/mol. The van der Waals surface area contributed by atoms with Gasteiger partial charge in [-0.1, -0.05) is 51.1 Å². The summed E-state index contributed by atoms with van der Waals surface area (Å²) in [7, 11) is 0. The second kappa shape index (κ2) is 6.84. The standard InChI is InChI=1S/C19H24N2O/c1-14(21-13-15-6-5-11-20-12-15)18(22)16-7-9-17(10-8-16)19(2,3)4/h5-12,14,21H,13H2,1-4H3. The van der Waals surface area contributed by atoms with Crippen LogP contribution in [0.3, 0.4) is 0 Å². The molecule has 0 saturated carbocycles. The first kappa shape index (κ1) is 16.4. The number of benzene rings is 1. The fourth-order valence-corrected chi connectivity index (χ4v) is 2.25. The van der Waals surface area contributed by atoms with Crippen molar-refractivity contribution < 1.29 is 4.79 Å². The molecule has 0 amide bonds. The van der Waals surface area contributed by atoms with Crippen molar-refractivity contribution in [1.29, 1.82) is 0 Å². The zero-order chi connectivity index (χ0) is 16.2. The van der Waals surface area contributed by atoms with Crippen LogP contribution < -0.4 is 5.32 Å². The summed E-state index contributed by atoms with van der Waals surface area (Å²) in [5, 5.41) is 3.25. The largest absolute Gasteiger partial charge is 0.303 e. The molecule has 1 N–H and O–H groups in total. The molecule has 0 bridgehead atoms. The Morgan fingerprint density at radius 3 is 2.41 bits per heavy atom. The number of nitrogens with zero attached hydrogens (tertiary/aromatic N) is 1. The number of carbonyl (C=O) groups excluding carboxylic acids is 1. The highest BCUT2D eigenvalue weighted by Gasteiger charge is 2.17. The summed E-state index contributed by atoms with van der Waals surface area (Å²) >= 11 is 0. The van der Waals surface area contributed by atoms with Crippen molar-refractivity contribution >= 4 is 5.78 Å². The molecule has 116 valence electrons. The molecule has 0 spiro atoms. The summed E-state index contributed by atoms with van der Waals surface area (Å²) in [5.74, 6) is 0.115. The van der Waals surface area contributed by atoms with E-state index in [1.54, 1.807) is 6.20 Å². The summed E-state index contributed by atoms with van der Waals surface area (Å²) in [6, 6.07) is 11.6. The van der Waals surface area contributed by atoms with Crippen molar-refractivity contribution in [2.75, 3.05) is 0 Å². The molecule has 0 aliphatic rings. The van der Waals surface area contributed by atoms with E-state index in [2.05, 4.69) is 31.1 Å². The molecular weight excluding hydrogens is 272 g/mol. The fraction of sp³-hybridized carbons (Fsp3) is 0.368. The number of pyridine rings is 1. The molecule has 22 heavy (non-hydrogen) atoms. The zero-order valence-electron chi connectivity index (χ0n) is 13.8. The lowest BCUT2D eigenvalue weighted by atomic mass is 9.86. The molecule has 0 saturated heterocycles. The van der Waals surface area contributed by atoms with E-state index in [0.29, 0.717) is 6.54 Å². The lowest BCUT2D eigenvalue weighted by Gasteiger charge is -2.19. The minimum absolute atomic E-state index is 0.103. The quantitative estimate of drug-likeness (QED) is 0.855. The first-order valence-electron chi connectivity index (χ1n) is 7.65. The fourth-order valence-electron chi connectivity index (χ4n) is 2.25. The van der Waals surface area contributed by atoms with Gasteiger partial charge in [-0.2, -0.15) is 0 Å². The highest BCUT2D eigenvalue weighted by molar-refractivity contribution is 5.99. The number of aromatic nitrogens is 1. The highest BCUT2D eigenvalue weighted by atomic mass is 16.1. The molecule has 1 atom stereocenters. The van der Waals surface area contributed by atoms with Crippen LogP contribution in [-0.4, -0.2) is 16.8 Å². The van der Waals surface area contributed by atoms with Gasteiger partial charge in [0, 0.05) is 24.5 Å². The van der Waals surface area contributed by atoms with Gasteiger partial charge >= 0.3 is 0 Å². The molecular formula is C19H24N2O. The van der Waals surface area contributed by atoms with Gasteiger partial charge in [0.05, 0.1) is 6.04 Å². The molecule has 3 heteroatoms. The highest BCUT2D eigenvalue weighted by Crippen LogP contribution is 2.22. The molecule has 0 aliphatic carbocycles. The summed E-state index contributed by atoms with van der Waals surface area (Å²) in [6.07, 6.45) is 3.55. The van der Waals surface area contributed by atoms with Gasteiger partial charge in [0.15, 0.2) is 5.78 Å². The molecule has 1 aromatic carbocycles. The van der Waals surface area contributed by atoms with Crippen LogP contribution in [0, 0.1) is 0 Å². The van der Waals surface area contributed by atoms with Gasteiger partial charge in [0.25, 0.3) is 0 Å². The maximum atomic E-state index is 12.4. The maximum absolute atomic E-state index is 12.4. The van der Waals surface area contributed by atoms with Gasteiger partial charge in [-0.3, -0.25) is 9.78 Å². The zero-order valence-corrected chi connectivity index (χ0v) is 13.8. The van der Waals surface area contributed by atoms with Gasteiger partial charge in [0.2, 0.25) is 0 Å². The third-order valence-corrected chi connectivity index (χ3v) is 3.76. The number of rotatable bonds is 5. The van der Waals surface area contributed by atoms with E-state index >= 15 is 0 Å². The summed E-state index contributed by atoms with van der Waals surface area (Å²) in [5.41, 5.74) is 3.16. The summed E-state index contributed by atoms with van der Waals surface area (Å²) in [6.45, 7) is 9.04. The van der Waals surface area contributed by atoms with Gasteiger partial charge in [-0.25, -0.2) is 0 Å². The van der Waals surface area contributed by atoms with Gasteiger partial charge in [0.1, 0.15) is 0 Å². The number of Topliss-reactive ketones (excluding diaryl/α,β-unsaturated/α-hetero) is 1. The van der Waals surface area contributed by atoms with E-state index < -0.39 is 0 Å². The average Bonchev–Trinajstić information content (AvgIpc) is 2.52. The van der Waals surface area contributed by atoms with E-state index in [9.17, 15) is 4.79 Å². The lowest BCUT2D eigenvalue weighted by Crippen LogP contribution is -2.33. The summed E-state index contributed by atoms with van der Waals surface area (Å²) < 4.78 is 0. The van der Waals surface area contributed by atoms with Gasteiger partial charge < -0.3 is 5.32 Å². The smallest absolute Gasteiger partial charge is 0.179 e. The third-order valence-electron chi connectivity index (χ3n) is 3.76. The Hall–Kier alpha value is -2.00. The van der Waals surface area contributed by atoms with Gasteiger partial charge in [-0.15, -0.1) is 0 Å². The predicted molar refractivity (Wildman–Crippen MR) is 90.0 cm³/mol. The normalized spacial score (nSPS) is 12.9. The molecule has 1 heterocycles. The van der Waals surface area contributed by atoms with E-state index in [4.69, 9.17) is 0 Å². The molecule has 2 aromatic rings. The molecule has 1 unspecified atom stereocenters. The van der Waals surface area contributed by atoms with E-state index in [0.717, 1.165) is 11.1 Å². The minimum atomic E-state index is -0.222. The van der Waals surface area contributed by atoms with Crippen LogP contribution in [0.5, 0.6) is 0 Å². The Morgan fingerprint density at radius 2 is 1.86 bits per heavy atom. The van der Waals surface area contributed by atoms with Crippen molar-refractivity contribution in [1.82, 2.24) is 10.3 Å². The second-order valence-corrected chi connectivity index (χ2v) is 6.66. The van der Waals surface area contributed by atoms with Crippen LogP contribution in [0.4, 0.5) is 0 Å². The van der Waals surface area contributed by atoms with E-state index in [1.165, 1.54) is 5.56 Å². The van der Waals surface area contributed by atoms with Crippen LogP contribution in [0.1, 0.15) is 49.2 Å². The van der Waals surface area contributed by atoms with Crippen LogP contribution in [0.25, 0.3) is 0 Å². The number of nitrogens with one attached hydrogen (secondary N) is 1. The van der Waals surface area contributed by atoms with Crippen LogP contribution in [0.15, 0.2) is 48.8 Å². The number of hydrogen-bond donors (Lipinski definition) is 1. The monoisotopic (exact) mass is 296 g/mol. The molecule has 1 aromatic heterocycles. The van der Waals surface area contributed by atoms with Crippen LogP contribution >= 0.6 is 0 Å². The Balaban J connectivity index is 1.98.